The van der Waals surface area contributed by atoms with Gasteiger partial charge >= 0.3 is 0 Å². The van der Waals surface area contributed by atoms with Crippen molar-refractivity contribution < 1.29 is 24.5 Å². The summed E-state index contributed by atoms with van der Waals surface area (Å²) in [7, 11) is 0. The molecule has 3 rings (SSSR count). The zero-order valence-corrected chi connectivity index (χ0v) is 23.5. The SMILES string of the molecule is CCCCCCN(C(=O)Cc1ccccc1)C1CC(C(=O)NCCO)=CC(Oc2ccccc2I)C1O. The number of halogens is 1. The predicted molar refractivity (Wildman–Crippen MR) is 152 cm³/mol. The van der Waals surface area contributed by atoms with Crippen molar-refractivity contribution >= 4 is 34.4 Å². The van der Waals surface area contributed by atoms with Gasteiger partial charge in [-0.05, 0) is 52.8 Å². The zero-order chi connectivity index (χ0) is 26.6. The number of aliphatic hydroxyl groups is 2. The van der Waals surface area contributed by atoms with Crippen LogP contribution >= 0.6 is 22.6 Å². The van der Waals surface area contributed by atoms with E-state index >= 15 is 0 Å². The summed E-state index contributed by atoms with van der Waals surface area (Å²) in [6, 6.07) is 16.4. The van der Waals surface area contributed by atoms with Crippen LogP contribution in [0.25, 0.3) is 0 Å². The molecule has 2 aromatic carbocycles. The van der Waals surface area contributed by atoms with E-state index in [0.29, 0.717) is 17.9 Å². The van der Waals surface area contributed by atoms with Crippen molar-refractivity contribution in [1.82, 2.24) is 10.2 Å². The number of carbonyl (C=O) groups is 2. The number of hydrogen-bond acceptors (Lipinski definition) is 5. The van der Waals surface area contributed by atoms with Gasteiger partial charge in [-0.3, -0.25) is 9.59 Å². The van der Waals surface area contributed by atoms with Gasteiger partial charge in [0.15, 0.2) is 0 Å². The van der Waals surface area contributed by atoms with E-state index in [1.54, 1.807) is 11.0 Å². The fourth-order valence-corrected chi connectivity index (χ4v) is 5.04. The van der Waals surface area contributed by atoms with Gasteiger partial charge in [-0.15, -0.1) is 0 Å². The lowest BCUT2D eigenvalue weighted by Crippen LogP contribution is -2.55. The minimum Gasteiger partial charge on any atom is -0.482 e. The van der Waals surface area contributed by atoms with E-state index in [9.17, 15) is 19.8 Å². The molecule has 3 unspecified atom stereocenters. The maximum atomic E-state index is 13.6. The molecule has 1 aliphatic carbocycles. The second-order valence-electron chi connectivity index (χ2n) is 9.26. The summed E-state index contributed by atoms with van der Waals surface area (Å²) < 4.78 is 7.08. The first-order valence-electron chi connectivity index (χ1n) is 13.0. The number of benzene rings is 2. The van der Waals surface area contributed by atoms with Crippen molar-refractivity contribution in [2.24, 2.45) is 0 Å². The van der Waals surface area contributed by atoms with Gasteiger partial charge in [0, 0.05) is 25.1 Å². The molecule has 8 heteroatoms. The van der Waals surface area contributed by atoms with E-state index in [-0.39, 0.29) is 37.8 Å². The van der Waals surface area contributed by atoms with Crippen molar-refractivity contribution in [2.75, 3.05) is 19.7 Å². The van der Waals surface area contributed by atoms with E-state index in [1.807, 2.05) is 54.6 Å². The molecule has 2 amide bonds. The Morgan fingerprint density at radius 1 is 1.08 bits per heavy atom. The number of amides is 2. The number of ether oxygens (including phenoxy) is 1. The molecule has 0 radical (unpaired) electrons. The molecule has 0 saturated carbocycles. The van der Waals surface area contributed by atoms with Crippen LogP contribution in [-0.4, -0.2) is 64.9 Å². The molecule has 0 fully saturated rings. The predicted octanol–water partition coefficient (Wildman–Crippen LogP) is 3.86. The second-order valence-corrected chi connectivity index (χ2v) is 10.4. The fraction of sp³-hybridized carbons (Fsp3) is 0.448. The topological polar surface area (TPSA) is 99.1 Å². The number of aliphatic hydroxyl groups excluding tert-OH is 2. The highest BCUT2D eigenvalue weighted by Gasteiger charge is 2.40. The van der Waals surface area contributed by atoms with Crippen LogP contribution in [0.1, 0.15) is 44.6 Å². The molecule has 3 N–H and O–H groups in total. The summed E-state index contributed by atoms with van der Waals surface area (Å²) in [4.78, 5) is 28.3. The van der Waals surface area contributed by atoms with Crippen LogP contribution in [0.15, 0.2) is 66.2 Å². The lowest BCUT2D eigenvalue weighted by molar-refractivity contribution is -0.138. The smallest absolute Gasteiger partial charge is 0.247 e. The molecule has 2 aromatic rings. The zero-order valence-electron chi connectivity index (χ0n) is 21.3. The van der Waals surface area contributed by atoms with Crippen molar-refractivity contribution in [1.29, 1.82) is 0 Å². The lowest BCUT2D eigenvalue weighted by Gasteiger charge is -2.40. The monoisotopic (exact) mass is 620 g/mol. The Balaban J connectivity index is 1.90. The minimum absolute atomic E-state index is 0.0863. The molecule has 0 heterocycles. The Hall–Kier alpha value is -2.43. The number of para-hydroxylation sites is 1. The van der Waals surface area contributed by atoms with Crippen LogP contribution in [0, 0.1) is 3.57 Å². The third-order valence-corrected chi connectivity index (χ3v) is 7.38. The molecule has 0 aromatic heterocycles. The third kappa shape index (κ3) is 8.55. The van der Waals surface area contributed by atoms with Gasteiger partial charge in [-0.2, -0.15) is 0 Å². The highest BCUT2D eigenvalue weighted by molar-refractivity contribution is 14.1. The lowest BCUT2D eigenvalue weighted by atomic mass is 9.87. The number of nitrogens with zero attached hydrogens (tertiary/aromatic N) is 1. The molecule has 3 atom stereocenters. The number of hydrogen-bond donors (Lipinski definition) is 3. The quantitative estimate of drug-likeness (QED) is 0.234. The van der Waals surface area contributed by atoms with Gasteiger partial charge in [0.25, 0.3) is 0 Å². The first-order valence-corrected chi connectivity index (χ1v) is 14.0. The molecule has 0 saturated heterocycles. The molecule has 0 aliphatic heterocycles. The van der Waals surface area contributed by atoms with E-state index < -0.39 is 18.2 Å². The Morgan fingerprint density at radius 3 is 2.51 bits per heavy atom. The van der Waals surface area contributed by atoms with Gasteiger partial charge in [0.1, 0.15) is 18.0 Å². The van der Waals surface area contributed by atoms with Gasteiger partial charge in [-0.1, -0.05) is 68.7 Å². The maximum Gasteiger partial charge on any atom is 0.247 e. The maximum absolute atomic E-state index is 13.6. The van der Waals surface area contributed by atoms with E-state index in [0.717, 1.165) is 34.8 Å². The van der Waals surface area contributed by atoms with E-state index in [4.69, 9.17) is 4.74 Å². The average Bonchev–Trinajstić information content (AvgIpc) is 2.90. The number of rotatable bonds is 13. The van der Waals surface area contributed by atoms with Crippen LogP contribution in [0.5, 0.6) is 5.75 Å². The first kappa shape index (κ1) is 29.1. The molecule has 1 aliphatic rings. The standard InChI is InChI=1S/C29H37IN2O5/c1-2-3-4-10-16-32(27(34)18-21-11-6-5-7-12-21)24-19-22(29(36)31-15-17-33)20-26(28(24)35)37-25-14-9-8-13-23(25)30/h5-9,11-14,20,24,26,28,33,35H,2-4,10,15-19H2,1H3,(H,31,36). The van der Waals surface area contributed by atoms with Crippen molar-refractivity contribution in [2.45, 2.75) is 63.7 Å². The highest BCUT2D eigenvalue weighted by atomic mass is 127. The van der Waals surface area contributed by atoms with E-state index in [1.165, 1.54) is 0 Å². The Morgan fingerprint density at radius 2 is 1.81 bits per heavy atom. The van der Waals surface area contributed by atoms with Gasteiger partial charge < -0.3 is 25.2 Å². The summed E-state index contributed by atoms with van der Waals surface area (Å²) in [6.45, 7) is 2.58. The molecule has 7 nitrogen and oxygen atoms in total. The molecule has 37 heavy (non-hydrogen) atoms. The summed E-state index contributed by atoms with van der Waals surface area (Å²) in [5, 5.41) is 23.4. The molecule has 200 valence electrons. The van der Waals surface area contributed by atoms with Gasteiger partial charge in [0.05, 0.1) is 22.6 Å². The van der Waals surface area contributed by atoms with Gasteiger partial charge in [0.2, 0.25) is 11.8 Å². The summed E-state index contributed by atoms with van der Waals surface area (Å²) in [5.41, 5.74) is 1.34. The number of nitrogens with one attached hydrogen (secondary N) is 1. The van der Waals surface area contributed by atoms with Crippen molar-refractivity contribution in [3.05, 3.63) is 75.4 Å². The fourth-order valence-electron chi connectivity index (χ4n) is 4.52. The molecular formula is C29H37IN2O5. The Bertz CT molecular complexity index is 1050. The van der Waals surface area contributed by atoms with Crippen LogP contribution in [0.2, 0.25) is 0 Å². The van der Waals surface area contributed by atoms with Gasteiger partial charge in [-0.25, -0.2) is 0 Å². The minimum atomic E-state index is -1.02. The highest BCUT2D eigenvalue weighted by Crippen LogP contribution is 2.30. The number of carbonyl (C=O) groups excluding carboxylic acids is 2. The first-order chi connectivity index (χ1) is 17.9. The van der Waals surface area contributed by atoms with Crippen molar-refractivity contribution in [3.63, 3.8) is 0 Å². The Labute approximate surface area is 233 Å². The molecule has 0 spiro atoms. The molecular weight excluding hydrogens is 583 g/mol. The third-order valence-electron chi connectivity index (χ3n) is 6.49. The molecule has 0 bridgehead atoms. The Kier molecular flexibility index (Phi) is 11.9. The number of unbranched alkanes of at least 4 members (excludes halogenated alkanes) is 3. The second kappa shape index (κ2) is 15.1. The van der Waals surface area contributed by atoms with Crippen LogP contribution in [0.3, 0.4) is 0 Å². The van der Waals surface area contributed by atoms with Crippen LogP contribution in [-0.2, 0) is 16.0 Å². The van der Waals surface area contributed by atoms with E-state index in [2.05, 4.69) is 34.8 Å². The summed E-state index contributed by atoms with van der Waals surface area (Å²) in [6.07, 6.45) is 4.19. The normalized spacial score (nSPS) is 19.1. The van der Waals surface area contributed by atoms with Crippen LogP contribution in [0.4, 0.5) is 0 Å². The van der Waals surface area contributed by atoms with Crippen LogP contribution < -0.4 is 10.1 Å². The largest absolute Gasteiger partial charge is 0.482 e. The summed E-state index contributed by atoms with van der Waals surface area (Å²) >= 11 is 2.17. The van der Waals surface area contributed by atoms with Crippen molar-refractivity contribution in [3.8, 4) is 5.75 Å². The average molecular weight is 621 g/mol. The summed E-state index contributed by atoms with van der Waals surface area (Å²) in [5.74, 6) is 0.185.